The number of aliphatic hydroxyl groups excluding tert-OH is 1. The third kappa shape index (κ3) is 4.98. The normalized spacial score (nSPS) is 17.3. The van der Waals surface area contributed by atoms with Crippen LogP contribution in [0.3, 0.4) is 0 Å². The maximum Gasteiger partial charge on any atom is 0.405 e. The van der Waals surface area contributed by atoms with E-state index in [0.29, 0.717) is 11.4 Å². The SMILES string of the molecule is C[C@@H](C#Cc1cnc(Cl)nc1NC1(CO)CCCCC1)OC(N)=O. The first-order chi connectivity index (χ1) is 11.4. The number of aromatic nitrogens is 2. The lowest BCUT2D eigenvalue weighted by atomic mass is 9.82. The molecule has 1 aromatic heterocycles. The summed E-state index contributed by atoms with van der Waals surface area (Å²) in [5, 5.41) is 13.2. The third-order valence-corrected chi connectivity index (χ3v) is 4.14. The Morgan fingerprint density at radius 1 is 1.54 bits per heavy atom. The van der Waals surface area contributed by atoms with Crippen LogP contribution in [-0.2, 0) is 4.74 Å². The summed E-state index contributed by atoms with van der Waals surface area (Å²) in [4.78, 5) is 18.9. The van der Waals surface area contributed by atoms with E-state index in [9.17, 15) is 9.90 Å². The number of rotatable bonds is 4. The Bertz CT molecular complexity index is 650. The van der Waals surface area contributed by atoms with Crippen LogP contribution in [0, 0.1) is 11.8 Å². The number of nitrogens with one attached hydrogen (secondary N) is 1. The number of anilines is 1. The van der Waals surface area contributed by atoms with Gasteiger partial charge in [-0.25, -0.2) is 9.78 Å². The maximum atomic E-state index is 10.7. The molecule has 1 amide bonds. The van der Waals surface area contributed by atoms with E-state index in [0.717, 1.165) is 32.1 Å². The number of ether oxygens (including phenoxy) is 1. The average molecular weight is 353 g/mol. The fraction of sp³-hybridized carbons (Fsp3) is 0.562. The van der Waals surface area contributed by atoms with E-state index in [2.05, 4.69) is 27.1 Å². The van der Waals surface area contributed by atoms with Crippen LogP contribution in [-0.4, -0.2) is 39.4 Å². The Balaban J connectivity index is 2.24. The lowest BCUT2D eigenvalue weighted by molar-refractivity contribution is 0.141. The molecule has 1 heterocycles. The van der Waals surface area contributed by atoms with Crippen molar-refractivity contribution < 1.29 is 14.6 Å². The number of nitrogens with two attached hydrogens (primary N) is 1. The lowest BCUT2D eigenvalue weighted by Crippen LogP contribution is -2.44. The molecule has 1 aliphatic rings. The summed E-state index contributed by atoms with van der Waals surface area (Å²) in [5.41, 5.74) is 5.04. The van der Waals surface area contributed by atoms with Crippen molar-refractivity contribution in [3.63, 3.8) is 0 Å². The number of carbonyl (C=O) groups excluding carboxylic acids is 1. The molecule has 24 heavy (non-hydrogen) atoms. The molecular formula is C16H21ClN4O3. The zero-order chi connectivity index (χ0) is 17.6. The molecule has 0 bridgehead atoms. The molecule has 7 nitrogen and oxygen atoms in total. The molecule has 1 aliphatic carbocycles. The molecule has 1 saturated carbocycles. The van der Waals surface area contributed by atoms with E-state index in [1.165, 1.54) is 6.20 Å². The predicted molar refractivity (Wildman–Crippen MR) is 90.6 cm³/mol. The van der Waals surface area contributed by atoms with Crippen molar-refractivity contribution >= 4 is 23.5 Å². The summed E-state index contributed by atoms with van der Waals surface area (Å²) in [7, 11) is 0. The predicted octanol–water partition coefficient (Wildman–Crippen LogP) is 2.07. The summed E-state index contributed by atoms with van der Waals surface area (Å²) in [6.45, 7) is 1.61. The van der Waals surface area contributed by atoms with Crippen LogP contribution in [0.4, 0.5) is 10.6 Å². The molecule has 130 valence electrons. The first-order valence-electron chi connectivity index (χ1n) is 7.83. The summed E-state index contributed by atoms with van der Waals surface area (Å²) >= 11 is 5.90. The van der Waals surface area contributed by atoms with Gasteiger partial charge in [-0.1, -0.05) is 31.1 Å². The average Bonchev–Trinajstić information content (AvgIpc) is 2.54. The highest BCUT2D eigenvalue weighted by atomic mass is 35.5. The van der Waals surface area contributed by atoms with Crippen molar-refractivity contribution in [3.05, 3.63) is 17.0 Å². The molecule has 8 heteroatoms. The number of hydrogen-bond acceptors (Lipinski definition) is 6. The number of aliphatic hydroxyl groups is 1. The lowest BCUT2D eigenvalue weighted by Gasteiger charge is -2.37. The van der Waals surface area contributed by atoms with Gasteiger partial charge in [-0.05, 0) is 31.4 Å². The molecule has 0 aliphatic heterocycles. The maximum absolute atomic E-state index is 10.7. The van der Waals surface area contributed by atoms with E-state index in [4.69, 9.17) is 22.1 Å². The van der Waals surface area contributed by atoms with Gasteiger partial charge in [0.1, 0.15) is 5.82 Å². The quantitative estimate of drug-likeness (QED) is 0.565. The van der Waals surface area contributed by atoms with E-state index in [1.54, 1.807) is 6.92 Å². The second kappa shape index (κ2) is 8.18. The minimum Gasteiger partial charge on any atom is -0.433 e. The highest BCUT2D eigenvalue weighted by Gasteiger charge is 2.32. The van der Waals surface area contributed by atoms with Gasteiger partial charge >= 0.3 is 6.09 Å². The third-order valence-electron chi connectivity index (χ3n) is 3.96. The Labute approximate surface area is 146 Å². The van der Waals surface area contributed by atoms with Crippen molar-refractivity contribution in [1.29, 1.82) is 0 Å². The highest BCUT2D eigenvalue weighted by molar-refractivity contribution is 6.28. The van der Waals surface area contributed by atoms with Crippen LogP contribution < -0.4 is 11.1 Å². The smallest absolute Gasteiger partial charge is 0.405 e. The van der Waals surface area contributed by atoms with Crippen LogP contribution in [0.15, 0.2) is 6.20 Å². The molecule has 1 aromatic rings. The number of nitrogens with zero attached hydrogens (tertiary/aromatic N) is 2. The van der Waals surface area contributed by atoms with Gasteiger partial charge in [0, 0.05) is 6.20 Å². The number of hydrogen-bond donors (Lipinski definition) is 3. The van der Waals surface area contributed by atoms with Gasteiger partial charge in [-0.2, -0.15) is 4.98 Å². The van der Waals surface area contributed by atoms with Crippen molar-refractivity contribution in [2.24, 2.45) is 5.73 Å². The fourth-order valence-electron chi connectivity index (χ4n) is 2.73. The Kier molecular flexibility index (Phi) is 6.23. The van der Waals surface area contributed by atoms with Crippen LogP contribution in [0.5, 0.6) is 0 Å². The standard InChI is InChI=1S/C16H21ClN4O3/c1-11(24-15(18)23)5-6-12-9-19-14(17)20-13(12)21-16(10-22)7-3-2-4-8-16/h9,11,22H,2-4,7-8,10H2,1H3,(H2,18,23)(H,19,20,21)/t11-/m0/s1. The van der Waals surface area contributed by atoms with Gasteiger partial charge in [-0.3, -0.25) is 0 Å². The number of halogens is 1. The summed E-state index contributed by atoms with van der Waals surface area (Å²) in [6.07, 6.45) is 4.88. The fourth-order valence-corrected chi connectivity index (χ4v) is 2.87. The van der Waals surface area contributed by atoms with Crippen LogP contribution in [0.25, 0.3) is 0 Å². The minimum atomic E-state index is -0.885. The van der Waals surface area contributed by atoms with Gasteiger partial charge < -0.3 is 20.9 Å². The Morgan fingerprint density at radius 2 is 2.25 bits per heavy atom. The molecule has 1 atom stereocenters. The largest absolute Gasteiger partial charge is 0.433 e. The summed E-state index contributed by atoms with van der Waals surface area (Å²) in [6, 6.07) is 0. The molecule has 0 saturated heterocycles. The summed E-state index contributed by atoms with van der Waals surface area (Å²) < 4.78 is 4.76. The van der Waals surface area contributed by atoms with Gasteiger partial charge in [0.2, 0.25) is 5.28 Å². The van der Waals surface area contributed by atoms with Crippen molar-refractivity contribution in [2.75, 3.05) is 11.9 Å². The minimum absolute atomic E-state index is 0.00266. The Morgan fingerprint density at radius 3 is 2.88 bits per heavy atom. The molecule has 0 spiro atoms. The number of amides is 1. The highest BCUT2D eigenvalue weighted by Crippen LogP contribution is 2.31. The first kappa shape index (κ1) is 18.3. The molecular weight excluding hydrogens is 332 g/mol. The van der Waals surface area contributed by atoms with E-state index < -0.39 is 17.7 Å². The van der Waals surface area contributed by atoms with Gasteiger partial charge in [0.25, 0.3) is 0 Å². The Hall–Kier alpha value is -2.04. The summed E-state index contributed by atoms with van der Waals surface area (Å²) in [5.74, 6) is 6.09. The first-order valence-corrected chi connectivity index (χ1v) is 8.21. The van der Waals surface area contributed by atoms with Crippen molar-refractivity contribution in [2.45, 2.75) is 50.7 Å². The second-order valence-corrected chi connectivity index (χ2v) is 6.21. The van der Waals surface area contributed by atoms with Crippen LogP contribution >= 0.6 is 11.6 Å². The zero-order valence-corrected chi connectivity index (χ0v) is 14.3. The molecule has 0 aromatic carbocycles. The number of carbonyl (C=O) groups is 1. The van der Waals surface area contributed by atoms with Crippen molar-refractivity contribution in [3.8, 4) is 11.8 Å². The monoisotopic (exact) mass is 352 g/mol. The van der Waals surface area contributed by atoms with E-state index in [1.807, 2.05) is 0 Å². The zero-order valence-electron chi connectivity index (χ0n) is 13.5. The number of primary amides is 1. The molecule has 0 unspecified atom stereocenters. The molecule has 4 N–H and O–H groups in total. The van der Waals surface area contributed by atoms with E-state index >= 15 is 0 Å². The molecule has 0 radical (unpaired) electrons. The van der Waals surface area contributed by atoms with Crippen molar-refractivity contribution in [1.82, 2.24) is 9.97 Å². The second-order valence-electron chi connectivity index (χ2n) is 5.87. The molecule has 2 rings (SSSR count). The van der Waals surface area contributed by atoms with Gasteiger partial charge in [0.15, 0.2) is 6.10 Å². The van der Waals surface area contributed by atoms with Gasteiger partial charge in [0.05, 0.1) is 17.7 Å². The van der Waals surface area contributed by atoms with Crippen LogP contribution in [0.2, 0.25) is 5.28 Å². The van der Waals surface area contributed by atoms with Gasteiger partial charge in [-0.15, -0.1) is 0 Å². The topological polar surface area (TPSA) is 110 Å². The molecule has 1 fully saturated rings. The van der Waals surface area contributed by atoms with E-state index in [-0.39, 0.29) is 11.9 Å². The van der Waals surface area contributed by atoms with Crippen LogP contribution in [0.1, 0.15) is 44.6 Å².